The van der Waals surface area contributed by atoms with Crippen molar-refractivity contribution in [2.45, 2.75) is 6.54 Å². The number of aromatic nitrogens is 1. The van der Waals surface area contributed by atoms with Gasteiger partial charge < -0.3 is 19.9 Å². The number of hydrogen-bond acceptors (Lipinski definition) is 4. The zero-order chi connectivity index (χ0) is 22.4. The lowest BCUT2D eigenvalue weighted by Gasteiger charge is -2.24. The van der Waals surface area contributed by atoms with Crippen LogP contribution in [-0.2, 0) is 6.54 Å². The molecule has 31 heavy (non-hydrogen) atoms. The van der Waals surface area contributed by atoms with Gasteiger partial charge in [-0.2, -0.15) is 0 Å². The largest absolute Gasteiger partial charge is 0.384 e. The van der Waals surface area contributed by atoms with E-state index < -0.39 is 0 Å². The van der Waals surface area contributed by atoms with Crippen molar-refractivity contribution in [2.24, 2.45) is 0 Å². The molecule has 0 fully saturated rings. The molecule has 3 rings (SSSR count). The molecule has 0 radical (unpaired) electrons. The van der Waals surface area contributed by atoms with Crippen LogP contribution in [0.1, 0.15) is 21.5 Å². The molecule has 2 aromatic carbocycles. The summed E-state index contributed by atoms with van der Waals surface area (Å²) < 4.78 is 0. The van der Waals surface area contributed by atoms with Crippen LogP contribution in [0.15, 0.2) is 53.5 Å². The molecule has 1 aromatic heterocycles. The van der Waals surface area contributed by atoms with E-state index in [-0.39, 0.29) is 23.5 Å². The lowest BCUT2D eigenvalue weighted by Crippen LogP contribution is -2.38. The molecule has 0 aliphatic rings. The highest BCUT2D eigenvalue weighted by molar-refractivity contribution is 6.30. The van der Waals surface area contributed by atoms with Gasteiger partial charge in [-0.25, -0.2) is 0 Å². The van der Waals surface area contributed by atoms with Gasteiger partial charge in [-0.15, -0.1) is 0 Å². The Morgan fingerprint density at radius 1 is 1.13 bits per heavy atom. The molecule has 0 spiro atoms. The van der Waals surface area contributed by atoms with Gasteiger partial charge in [0.05, 0.1) is 0 Å². The molecule has 1 heterocycles. The van der Waals surface area contributed by atoms with E-state index in [1.165, 1.54) is 6.20 Å². The van der Waals surface area contributed by atoms with E-state index in [4.69, 9.17) is 16.7 Å². The zero-order valence-corrected chi connectivity index (χ0v) is 18.2. The minimum atomic E-state index is -0.350. The van der Waals surface area contributed by atoms with Crippen LogP contribution in [0.3, 0.4) is 0 Å². The highest BCUT2D eigenvalue weighted by Gasteiger charge is 2.20. The first-order valence-corrected chi connectivity index (χ1v) is 10.2. The van der Waals surface area contributed by atoms with Crippen LogP contribution >= 0.6 is 11.6 Å². The van der Waals surface area contributed by atoms with Gasteiger partial charge >= 0.3 is 0 Å². The van der Waals surface area contributed by atoms with E-state index in [0.717, 1.165) is 5.56 Å². The van der Waals surface area contributed by atoms with Gasteiger partial charge in [0.1, 0.15) is 12.2 Å². The maximum absolute atomic E-state index is 13.4. The maximum atomic E-state index is 13.4. The monoisotopic (exact) mass is 437 g/mol. The molecule has 6 nitrogen and oxygen atoms in total. The van der Waals surface area contributed by atoms with Crippen molar-refractivity contribution < 1.29 is 9.90 Å². The van der Waals surface area contributed by atoms with Crippen molar-refractivity contribution in [2.75, 3.05) is 33.8 Å². The van der Waals surface area contributed by atoms with E-state index in [1.807, 2.05) is 31.1 Å². The quantitative estimate of drug-likeness (QED) is 0.581. The summed E-state index contributed by atoms with van der Waals surface area (Å²) in [5.41, 5.74) is 1.87. The summed E-state index contributed by atoms with van der Waals surface area (Å²) in [5, 5.41) is 9.91. The Hall–Kier alpha value is -3.11. The summed E-state index contributed by atoms with van der Waals surface area (Å²) >= 11 is 5.97. The van der Waals surface area contributed by atoms with Crippen LogP contribution in [-0.4, -0.2) is 59.6 Å². The molecule has 2 N–H and O–H groups in total. The number of H-pyrrole nitrogens is 1. The molecule has 0 atom stereocenters. The summed E-state index contributed by atoms with van der Waals surface area (Å²) in [5.74, 6) is 5.02. The summed E-state index contributed by atoms with van der Waals surface area (Å²) in [6.45, 7) is 1.22. The van der Waals surface area contributed by atoms with E-state index in [0.29, 0.717) is 41.1 Å². The first-order valence-electron chi connectivity index (χ1n) is 9.82. The Morgan fingerprint density at radius 2 is 1.87 bits per heavy atom. The molecule has 1 amide bonds. The van der Waals surface area contributed by atoms with Gasteiger partial charge in [-0.3, -0.25) is 9.59 Å². The van der Waals surface area contributed by atoms with Gasteiger partial charge in [-0.1, -0.05) is 35.6 Å². The second kappa shape index (κ2) is 10.3. The van der Waals surface area contributed by atoms with Crippen LogP contribution in [0.2, 0.25) is 5.02 Å². The number of aliphatic hydroxyl groups excluding tert-OH is 1. The van der Waals surface area contributed by atoms with Crippen LogP contribution in [0.4, 0.5) is 0 Å². The summed E-state index contributed by atoms with van der Waals surface area (Å²) in [6.07, 6.45) is 1.47. The third-order valence-corrected chi connectivity index (χ3v) is 5.07. The second-order valence-corrected chi connectivity index (χ2v) is 7.84. The van der Waals surface area contributed by atoms with Gasteiger partial charge in [0.2, 0.25) is 5.43 Å². The third-order valence-electron chi connectivity index (χ3n) is 4.81. The van der Waals surface area contributed by atoms with E-state index in [2.05, 4.69) is 16.8 Å². The number of carbonyl (C=O) groups excluding carboxylic acids is 1. The molecule has 7 heteroatoms. The second-order valence-electron chi connectivity index (χ2n) is 7.41. The molecule has 0 aliphatic carbocycles. The number of carbonyl (C=O) groups is 1. The Balaban J connectivity index is 1.97. The molecule has 0 unspecified atom stereocenters. The predicted molar refractivity (Wildman–Crippen MR) is 123 cm³/mol. The number of aromatic amines is 1. The highest BCUT2D eigenvalue weighted by Crippen LogP contribution is 2.15. The SMILES string of the molecule is CN(C)CCN(Cc1ccc(Cl)cc1)C(=O)c1c[nH]c2ccc(C#CCO)cc2c1=O. The van der Waals surface area contributed by atoms with Crippen molar-refractivity contribution in [3.63, 3.8) is 0 Å². The average molecular weight is 438 g/mol. The zero-order valence-electron chi connectivity index (χ0n) is 17.5. The van der Waals surface area contributed by atoms with Crippen molar-refractivity contribution in [1.29, 1.82) is 0 Å². The highest BCUT2D eigenvalue weighted by atomic mass is 35.5. The molecule has 0 bridgehead atoms. The van der Waals surface area contributed by atoms with Crippen LogP contribution in [0.5, 0.6) is 0 Å². The number of aliphatic hydroxyl groups is 1. The number of nitrogens with zero attached hydrogens (tertiary/aromatic N) is 2. The fourth-order valence-corrected chi connectivity index (χ4v) is 3.28. The number of pyridine rings is 1. The molecule has 0 saturated carbocycles. The lowest BCUT2D eigenvalue weighted by molar-refractivity contribution is 0.0730. The maximum Gasteiger partial charge on any atom is 0.259 e. The van der Waals surface area contributed by atoms with Gasteiger partial charge in [0.25, 0.3) is 5.91 Å². The van der Waals surface area contributed by atoms with Crippen LogP contribution in [0.25, 0.3) is 10.9 Å². The fraction of sp³-hybridized carbons (Fsp3) is 0.250. The lowest BCUT2D eigenvalue weighted by atomic mass is 10.1. The summed E-state index contributed by atoms with van der Waals surface area (Å²) in [6, 6.07) is 12.4. The van der Waals surface area contributed by atoms with Crippen LogP contribution < -0.4 is 5.43 Å². The average Bonchev–Trinajstić information content (AvgIpc) is 2.76. The minimum absolute atomic E-state index is 0.0764. The molecular weight excluding hydrogens is 414 g/mol. The number of hydrogen-bond donors (Lipinski definition) is 2. The number of fused-ring (bicyclic) bond motifs is 1. The standard InChI is InChI=1S/C24H24ClN3O3/c1-27(2)11-12-28(16-18-5-8-19(25)9-6-18)24(31)21-15-26-22-10-7-17(4-3-13-29)14-20(22)23(21)30/h5-10,14-15,29H,11-13,16H2,1-2H3,(H,26,30). The van der Waals surface area contributed by atoms with E-state index in [9.17, 15) is 9.59 Å². The number of benzene rings is 2. The molecule has 0 saturated heterocycles. The Morgan fingerprint density at radius 3 is 2.55 bits per heavy atom. The number of halogens is 1. The predicted octanol–water partition coefficient (Wildman–Crippen LogP) is 2.73. The van der Waals surface area contributed by atoms with Crippen molar-refractivity contribution >= 4 is 28.4 Å². The van der Waals surface area contributed by atoms with Gasteiger partial charge in [0, 0.05) is 47.3 Å². The van der Waals surface area contributed by atoms with Crippen molar-refractivity contribution in [1.82, 2.24) is 14.8 Å². The number of nitrogens with one attached hydrogen (secondary N) is 1. The summed E-state index contributed by atoms with van der Waals surface area (Å²) in [4.78, 5) is 33.2. The topological polar surface area (TPSA) is 76.6 Å². The first kappa shape index (κ1) is 22.6. The molecular formula is C24H24ClN3O3. The number of rotatable bonds is 6. The minimum Gasteiger partial charge on any atom is -0.384 e. The Bertz CT molecular complexity index is 1190. The van der Waals surface area contributed by atoms with Gasteiger partial charge in [0.15, 0.2) is 0 Å². The van der Waals surface area contributed by atoms with Crippen molar-refractivity contribution in [3.05, 3.63) is 80.6 Å². The Kier molecular flexibility index (Phi) is 7.48. The molecule has 0 aliphatic heterocycles. The normalized spacial score (nSPS) is 10.7. The molecule has 160 valence electrons. The fourth-order valence-electron chi connectivity index (χ4n) is 3.15. The number of amides is 1. The van der Waals surface area contributed by atoms with Crippen molar-refractivity contribution in [3.8, 4) is 11.8 Å². The first-order chi connectivity index (χ1) is 14.9. The third kappa shape index (κ3) is 5.74. The van der Waals surface area contributed by atoms with Crippen LogP contribution in [0, 0.1) is 11.8 Å². The molecule has 3 aromatic rings. The van der Waals surface area contributed by atoms with E-state index in [1.54, 1.807) is 35.2 Å². The van der Waals surface area contributed by atoms with E-state index >= 15 is 0 Å². The summed E-state index contributed by atoms with van der Waals surface area (Å²) in [7, 11) is 3.87. The Labute approximate surface area is 186 Å². The smallest absolute Gasteiger partial charge is 0.259 e. The van der Waals surface area contributed by atoms with Gasteiger partial charge in [-0.05, 0) is 50.0 Å². The number of likely N-dealkylation sites (N-methyl/N-ethyl adjacent to an activating group) is 1.